The number of nitrogens with zero attached hydrogens (tertiary/aromatic N) is 2. The molecular formula is C18H16FN3O. The summed E-state index contributed by atoms with van der Waals surface area (Å²) >= 11 is 0. The molecule has 0 bridgehead atoms. The van der Waals surface area contributed by atoms with Gasteiger partial charge in [-0.1, -0.05) is 18.2 Å². The minimum Gasteiger partial charge on any atom is -0.366 e. The zero-order valence-electron chi connectivity index (χ0n) is 12.7. The number of hydrogen-bond donors (Lipinski definition) is 1. The summed E-state index contributed by atoms with van der Waals surface area (Å²) in [5.74, 6) is -0.421. The first kappa shape index (κ1) is 13.9. The van der Waals surface area contributed by atoms with E-state index in [4.69, 9.17) is 5.73 Å². The minimum atomic E-state index is -0.576. The first-order valence-electron chi connectivity index (χ1n) is 7.61. The zero-order chi connectivity index (χ0) is 16.1. The Morgan fingerprint density at radius 2 is 2.09 bits per heavy atom. The second-order valence-electron chi connectivity index (χ2n) is 6.04. The molecule has 1 saturated carbocycles. The molecule has 23 heavy (non-hydrogen) atoms. The second-order valence-corrected chi connectivity index (χ2v) is 6.04. The average Bonchev–Trinajstić information content (AvgIpc) is 3.28. The molecule has 0 aliphatic heterocycles. The number of hydrogen-bond acceptors (Lipinski definition) is 2. The van der Waals surface area contributed by atoms with Gasteiger partial charge in [0.05, 0.1) is 11.2 Å². The van der Waals surface area contributed by atoms with E-state index in [-0.39, 0.29) is 0 Å². The van der Waals surface area contributed by atoms with Gasteiger partial charge in [0.2, 0.25) is 5.91 Å². The fourth-order valence-electron chi connectivity index (χ4n) is 3.21. The van der Waals surface area contributed by atoms with Crippen LogP contribution in [-0.4, -0.2) is 15.7 Å². The molecule has 3 aromatic rings. The summed E-state index contributed by atoms with van der Waals surface area (Å²) in [6.07, 6.45) is 2.36. The summed E-state index contributed by atoms with van der Waals surface area (Å²) in [5, 5.41) is 5.54. The van der Waals surface area contributed by atoms with E-state index < -0.39 is 11.7 Å². The molecule has 1 amide bonds. The molecule has 0 spiro atoms. The molecule has 4 rings (SSSR count). The van der Waals surface area contributed by atoms with E-state index in [1.165, 1.54) is 36.6 Å². The van der Waals surface area contributed by atoms with Crippen LogP contribution in [0, 0.1) is 5.82 Å². The van der Waals surface area contributed by atoms with E-state index >= 15 is 0 Å². The standard InChI is InChI=1S/C18H16FN3O/c1-22-17(15-9-11(19)7-8-13(15)18(20)23)14-4-2-3-12(10-5-6-10)16(14)21-22/h2-4,7-10H,5-6H2,1H3,(H2,20,23). The quantitative estimate of drug-likeness (QED) is 0.806. The fraction of sp³-hybridized carbons (Fsp3) is 0.222. The van der Waals surface area contributed by atoms with Crippen LogP contribution in [0.3, 0.4) is 0 Å². The Labute approximate surface area is 132 Å². The molecule has 2 aromatic carbocycles. The van der Waals surface area contributed by atoms with Crippen molar-refractivity contribution in [2.45, 2.75) is 18.8 Å². The van der Waals surface area contributed by atoms with Gasteiger partial charge in [0.1, 0.15) is 5.82 Å². The van der Waals surface area contributed by atoms with Crippen LogP contribution >= 0.6 is 0 Å². The smallest absolute Gasteiger partial charge is 0.249 e. The Bertz CT molecular complexity index is 941. The lowest BCUT2D eigenvalue weighted by molar-refractivity contribution is 0.100. The highest BCUT2D eigenvalue weighted by Crippen LogP contribution is 2.44. The number of amides is 1. The maximum absolute atomic E-state index is 13.8. The van der Waals surface area contributed by atoms with Crippen molar-refractivity contribution in [1.82, 2.24) is 9.78 Å². The van der Waals surface area contributed by atoms with E-state index in [1.807, 2.05) is 19.2 Å². The number of carbonyl (C=O) groups is 1. The molecule has 0 radical (unpaired) electrons. The van der Waals surface area contributed by atoms with E-state index in [0.717, 1.165) is 16.6 Å². The van der Waals surface area contributed by atoms with E-state index in [1.54, 1.807) is 4.68 Å². The Morgan fingerprint density at radius 1 is 1.30 bits per heavy atom. The number of nitrogens with two attached hydrogens (primary N) is 1. The normalized spacial score (nSPS) is 14.3. The Kier molecular flexibility index (Phi) is 2.98. The van der Waals surface area contributed by atoms with E-state index in [9.17, 15) is 9.18 Å². The second kappa shape index (κ2) is 4.91. The number of primary amides is 1. The van der Waals surface area contributed by atoms with Crippen LogP contribution < -0.4 is 5.73 Å². The topological polar surface area (TPSA) is 60.9 Å². The molecule has 1 fully saturated rings. The van der Waals surface area contributed by atoms with Crippen LogP contribution in [0.15, 0.2) is 36.4 Å². The molecule has 1 aliphatic rings. The number of fused-ring (bicyclic) bond motifs is 1. The molecule has 0 atom stereocenters. The monoisotopic (exact) mass is 309 g/mol. The number of benzene rings is 2. The van der Waals surface area contributed by atoms with Gasteiger partial charge in [-0.15, -0.1) is 0 Å². The van der Waals surface area contributed by atoms with Gasteiger partial charge in [-0.3, -0.25) is 9.48 Å². The summed E-state index contributed by atoms with van der Waals surface area (Å²) in [6.45, 7) is 0. The van der Waals surface area contributed by atoms with Crippen molar-refractivity contribution in [2.24, 2.45) is 12.8 Å². The van der Waals surface area contributed by atoms with Gasteiger partial charge in [-0.25, -0.2) is 4.39 Å². The van der Waals surface area contributed by atoms with Gasteiger partial charge in [0.15, 0.2) is 0 Å². The minimum absolute atomic E-state index is 0.299. The lowest BCUT2D eigenvalue weighted by atomic mass is 9.99. The molecule has 4 nitrogen and oxygen atoms in total. The van der Waals surface area contributed by atoms with Crippen molar-refractivity contribution in [3.05, 3.63) is 53.3 Å². The maximum Gasteiger partial charge on any atom is 0.249 e. The van der Waals surface area contributed by atoms with Crippen molar-refractivity contribution in [1.29, 1.82) is 0 Å². The molecule has 1 aliphatic carbocycles. The number of aromatic nitrogens is 2. The van der Waals surface area contributed by atoms with Crippen LogP contribution in [-0.2, 0) is 7.05 Å². The molecule has 1 aromatic heterocycles. The van der Waals surface area contributed by atoms with Crippen LogP contribution in [0.4, 0.5) is 4.39 Å². The summed E-state index contributed by atoms with van der Waals surface area (Å²) in [5.41, 5.74) is 9.11. The highest BCUT2D eigenvalue weighted by atomic mass is 19.1. The van der Waals surface area contributed by atoms with Gasteiger partial charge in [-0.2, -0.15) is 5.10 Å². The zero-order valence-corrected chi connectivity index (χ0v) is 12.7. The van der Waals surface area contributed by atoms with Gasteiger partial charge in [0, 0.05) is 23.6 Å². The van der Waals surface area contributed by atoms with E-state index in [0.29, 0.717) is 17.0 Å². The predicted octanol–water partition coefficient (Wildman–Crippen LogP) is 3.36. The molecule has 116 valence electrons. The molecule has 2 N–H and O–H groups in total. The molecule has 5 heteroatoms. The Hall–Kier alpha value is -2.69. The third-order valence-electron chi connectivity index (χ3n) is 4.42. The Balaban J connectivity index is 2.03. The molecular weight excluding hydrogens is 293 g/mol. The maximum atomic E-state index is 13.8. The lowest BCUT2D eigenvalue weighted by Gasteiger charge is -2.08. The van der Waals surface area contributed by atoms with Crippen molar-refractivity contribution < 1.29 is 9.18 Å². The fourth-order valence-corrected chi connectivity index (χ4v) is 3.21. The lowest BCUT2D eigenvalue weighted by Crippen LogP contribution is -2.13. The first-order valence-corrected chi connectivity index (χ1v) is 7.61. The molecule has 0 saturated heterocycles. The Morgan fingerprint density at radius 3 is 2.78 bits per heavy atom. The highest BCUT2D eigenvalue weighted by Gasteiger charge is 2.28. The number of aryl methyl sites for hydroxylation is 1. The van der Waals surface area contributed by atoms with Gasteiger partial charge < -0.3 is 5.73 Å². The summed E-state index contributed by atoms with van der Waals surface area (Å²) in [6, 6.07) is 10.1. The van der Waals surface area contributed by atoms with Crippen LogP contribution in [0.2, 0.25) is 0 Å². The summed E-state index contributed by atoms with van der Waals surface area (Å²) < 4.78 is 15.5. The van der Waals surface area contributed by atoms with Crippen LogP contribution in [0.25, 0.3) is 22.2 Å². The highest BCUT2D eigenvalue weighted by molar-refractivity contribution is 6.04. The largest absolute Gasteiger partial charge is 0.366 e. The molecule has 1 heterocycles. The SMILES string of the molecule is Cn1nc2c(C3CC3)cccc2c1-c1cc(F)ccc1C(N)=O. The van der Waals surface area contributed by atoms with Crippen molar-refractivity contribution in [2.75, 3.05) is 0 Å². The number of rotatable bonds is 3. The third-order valence-corrected chi connectivity index (χ3v) is 4.42. The van der Waals surface area contributed by atoms with E-state index in [2.05, 4.69) is 11.2 Å². The number of carbonyl (C=O) groups excluding carboxylic acids is 1. The third kappa shape index (κ3) is 2.20. The summed E-state index contributed by atoms with van der Waals surface area (Å²) in [4.78, 5) is 11.7. The van der Waals surface area contributed by atoms with Crippen molar-refractivity contribution in [3.63, 3.8) is 0 Å². The predicted molar refractivity (Wildman–Crippen MR) is 86.6 cm³/mol. The van der Waals surface area contributed by atoms with Gasteiger partial charge in [-0.05, 0) is 42.5 Å². The average molecular weight is 309 g/mol. The van der Waals surface area contributed by atoms with Crippen LogP contribution in [0.1, 0.15) is 34.7 Å². The number of halogens is 1. The van der Waals surface area contributed by atoms with Gasteiger partial charge in [0.25, 0.3) is 0 Å². The first-order chi connectivity index (χ1) is 11.1. The summed E-state index contributed by atoms with van der Waals surface area (Å²) in [7, 11) is 1.81. The van der Waals surface area contributed by atoms with Crippen molar-refractivity contribution in [3.8, 4) is 11.3 Å². The van der Waals surface area contributed by atoms with Crippen molar-refractivity contribution >= 4 is 16.8 Å². The van der Waals surface area contributed by atoms with Gasteiger partial charge >= 0.3 is 0 Å². The molecule has 0 unspecified atom stereocenters. The van der Waals surface area contributed by atoms with Crippen LogP contribution in [0.5, 0.6) is 0 Å².